The first kappa shape index (κ1) is 22.8. The summed E-state index contributed by atoms with van der Waals surface area (Å²) in [6, 6.07) is 14.1. The van der Waals surface area contributed by atoms with Gasteiger partial charge in [-0.2, -0.15) is 0 Å². The van der Waals surface area contributed by atoms with Gasteiger partial charge in [0.25, 0.3) is 0 Å². The van der Waals surface area contributed by atoms with E-state index in [-0.39, 0.29) is 5.78 Å². The van der Waals surface area contributed by atoms with Gasteiger partial charge in [-0.05, 0) is 85.9 Å². The first-order valence-electron chi connectivity index (χ1n) is 12.8. The molecule has 0 amide bonds. The van der Waals surface area contributed by atoms with Crippen molar-refractivity contribution in [2.24, 2.45) is 0 Å². The molecule has 182 valence electrons. The van der Waals surface area contributed by atoms with Gasteiger partial charge in [-0.1, -0.05) is 43.0 Å². The third-order valence-corrected chi connectivity index (χ3v) is 7.97. The van der Waals surface area contributed by atoms with Crippen molar-refractivity contribution in [1.82, 2.24) is 4.90 Å². The lowest BCUT2D eigenvalue weighted by atomic mass is 9.91. The van der Waals surface area contributed by atoms with Crippen molar-refractivity contribution in [2.75, 3.05) is 13.1 Å². The van der Waals surface area contributed by atoms with Crippen molar-refractivity contribution >= 4 is 5.78 Å². The van der Waals surface area contributed by atoms with E-state index in [9.17, 15) is 4.79 Å². The highest BCUT2D eigenvalue weighted by Gasteiger charge is 2.28. The Morgan fingerprint density at radius 3 is 2.50 bits per heavy atom. The van der Waals surface area contributed by atoms with Gasteiger partial charge >= 0.3 is 0 Å². The van der Waals surface area contributed by atoms with Crippen LogP contribution in [0.4, 0.5) is 4.39 Å². The summed E-state index contributed by atoms with van der Waals surface area (Å²) in [7, 11) is 0. The summed E-state index contributed by atoms with van der Waals surface area (Å²) in [5.41, 5.74) is 8.62. The maximum atomic E-state index is 15.2. The third-order valence-electron chi connectivity index (χ3n) is 7.97. The topological polar surface area (TPSA) is 29.5 Å². The molecule has 0 aromatic heterocycles. The van der Waals surface area contributed by atoms with Crippen LogP contribution >= 0.6 is 0 Å². The van der Waals surface area contributed by atoms with Crippen LogP contribution in [0.15, 0.2) is 66.4 Å². The predicted molar refractivity (Wildman–Crippen MR) is 141 cm³/mol. The van der Waals surface area contributed by atoms with Crippen molar-refractivity contribution in [3.8, 4) is 22.6 Å². The van der Waals surface area contributed by atoms with Gasteiger partial charge in [0.2, 0.25) is 0 Å². The molecule has 1 aliphatic carbocycles. The Morgan fingerprint density at radius 2 is 1.69 bits per heavy atom. The van der Waals surface area contributed by atoms with Crippen LogP contribution in [0.2, 0.25) is 0 Å². The Bertz CT molecular complexity index is 1460. The highest BCUT2D eigenvalue weighted by atomic mass is 19.1. The standard InChI is InChI=1S/C32H30FNO2/c1-19-27-17-29(33)20(2)32(19)36-30-18-28-24(15-22-9-5-6-10-26(22)28)16-23(30)11-12-25(31(27)35)21(3)34-13-7-4-8-14-34/h5-6,9-10,12,16-18H,3-4,7-8,11,13-15H2,1-2H3/b25-12-. The van der Waals surface area contributed by atoms with Crippen LogP contribution in [0.5, 0.6) is 11.5 Å². The molecule has 0 spiro atoms. The monoisotopic (exact) mass is 479 g/mol. The fraction of sp³-hybridized carbons (Fsp3) is 0.281. The number of nitrogens with zero attached hydrogens (tertiary/aromatic N) is 1. The molecule has 0 atom stereocenters. The SMILES string of the molecule is C=C(/C1=C/Cc2cc3c(cc2Oc2c(C)c(F)cc(c2C)C1=O)-c1ccccc1C3)N1CCCCC1. The number of fused-ring (bicyclic) bond motifs is 6. The number of ketones is 1. The number of piperidine rings is 1. The fourth-order valence-corrected chi connectivity index (χ4v) is 5.86. The zero-order chi connectivity index (χ0) is 25.0. The number of rotatable bonds is 2. The number of benzene rings is 3. The molecular weight excluding hydrogens is 449 g/mol. The second-order valence-electron chi connectivity index (χ2n) is 10.2. The molecule has 2 bridgehead atoms. The van der Waals surface area contributed by atoms with Gasteiger partial charge in [0.1, 0.15) is 17.3 Å². The van der Waals surface area contributed by atoms with Crippen molar-refractivity contribution in [1.29, 1.82) is 0 Å². The Labute approximate surface area is 211 Å². The Morgan fingerprint density at radius 1 is 0.917 bits per heavy atom. The molecule has 0 unspecified atom stereocenters. The van der Waals surface area contributed by atoms with Gasteiger partial charge in [0, 0.05) is 41.1 Å². The number of allylic oxidation sites excluding steroid dienone is 2. The largest absolute Gasteiger partial charge is 0.456 e. The zero-order valence-corrected chi connectivity index (χ0v) is 20.9. The van der Waals surface area contributed by atoms with E-state index in [1.807, 2.05) is 13.0 Å². The summed E-state index contributed by atoms with van der Waals surface area (Å²) in [5, 5.41) is 0. The van der Waals surface area contributed by atoms with Crippen LogP contribution in [0.3, 0.4) is 0 Å². The number of likely N-dealkylation sites (tertiary alicyclic amines) is 1. The molecule has 3 aromatic rings. The molecule has 6 rings (SSSR count). The number of hydrogen-bond acceptors (Lipinski definition) is 3. The second kappa shape index (κ2) is 8.77. The summed E-state index contributed by atoms with van der Waals surface area (Å²) >= 11 is 0. The summed E-state index contributed by atoms with van der Waals surface area (Å²) in [5.74, 6) is 0.511. The first-order chi connectivity index (χ1) is 17.4. The van der Waals surface area contributed by atoms with Gasteiger partial charge in [0.05, 0.1) is 0 Å². The quantitative estimate of drug-likeness (QED) is 0.299. The van der Waals surface area contributed by atoms with Crippen LogP contribution in [0.1, 0.15) is 57.4 Å². The van der Waals surface area contributed by atoms with E-state index < -0.39 is 5.82 Å². The molecule has 4 heteroatoms. The zero-order valence-electron chi connectivity index (χ0n) is 20.9. The average Bonchev–Trinajstić information content (AvgIpc) is 3.25. The van der Waals surface area contributed by atoms with Crippen molar-refractivity contribution in [3.05, 3.63) is 106 Å². The number of ether oxygens (including phenoxy) is 1. The molecule has 2 heterocycles. The third kappa shape index (κ3) is 3.67. The van der Waals surface area contributed by atoms with E-state index >= 15 is 4.39 Å². The van der Waals surface area contributed by atoms with Crippen LogP contribution in [0, 0.1) is 19.7 Å². The highest BCUT2D eigenvalue weighted by Crippen LogP contribution is 2.43. The summed E-state index contributed by atoms with van der Waals surface area (Å²) in [6.07, 6.45) is 6.76. The molecule has 1 fully saturated rings. The Hall–Kier alpha value is -3.66. The minimum absolute atomic E-state index is 0.191. The number of hydrogen-bond donors (Lipinski definition) is 0. The van der Waals surface area contributed by atoms with Crippen LogP contribution in [-0.2, 0) is 12.8 Å². The molecule has 3 nitrogen and oxygen atoms in total. The summed E-state index contributed by atoms with van der Waals surface area (Å²) in [4.78, 5) is 16.1. The number of halogens is 1. The number of carbonyl (C=O) groups is 1. The van der Waals surface area contributed by atoms with E-state index in [1.54, 1.807) is 6.92 Å². The molecule has 3 aromatic carbocycles. The smallest absolute Gasteiger partial charge is 0.195 e. The molecule has 3 aliphatic rings. The minimum atomic E-state index is -0.435. The van der Waals surface area contributed by atoms with Crippen molar-refractivity contribution < 1.29 is 13.9 Å². The van der Waals surface area contributed by atoms with E-state index in [0.29, 0.717) is 40.2 Å². The van der Waals surface area contributed by atoms with Crippen molar-refractivity contribution in [2.45, 2.75) is 46.0 Å². The molecule has 36 heavy (non-hydrogen) atoms. The minimum Gasteiger partial charge on any atom is -0.456 e. The van der Waals surface area contributed by atoms with Gasteiger partial charge in [-0.15, -0.1) is 0 Å². The van der Waals surface area contributed by atoms with Gasteiger partial charge in [-0.25, -0.2) is 4.39 Å². The second-order valence-corrected chi connectivity index (χ2v) is 10.2. The van der Waals surface area contributed by atoms with E-state index in [1.165, 1.54) is 29.2 Å². The summed E-state index contributed by atoms with van der Waals surface area (Å²) in [6.45, 7) is 9.68. The maximum absolute atomic E-state index is 15.2. The van der Waals surface area contributed by atoms with E-state index in [0.717, 1.165) is 49.2 Å². The fourth-order valence-electron chi connectivity index (χ4n) is 5.86. The molecule has 2 aliphatic heterocycles. The van der Waals surface area contributed by atoms with E-state index in [4.69, 9.17) is 4.74 Å². The van der Waals surface area contributed by atoms with Gasteiger partial charge in [-0.3, -0.25) is 4.79 Å². The predicted octanol–water partition coefficient (Wildman–Crippen LogP) is 7.47. The normalized spacial score (nSPS) is 17.9. The molecule has 1 saturated heterocycles. The average molecular weight is 480 g/mol. The number of carbonyl (C=O) groups excluding carboxylic acids is 1. The molecule has 0 N–H and O–H groups in total. The molecule has 0 saturated carbocycles. The number of Topliss-reactive ketones (excluding diaryl/α,β-unsaturated/α-hetero) is 1. The highest BCUT2D eigenvalue weighted by molar-refractivity contribution is 6.12. The maximum Gasteiger partial charge on any atom is 0.195 e. The van der Waals surface area contributed by atoms with Crippen LogP contribution in [-0.4, -0.2) is 23.8 Å². The molecule has 0 radical (unpaired) electrons. The van der Waals surface area contributed by atoms with Crippen molar-refractivity contribution in [3.63, 3.8) is 0 Å². The van der Waals surface area contributed by atoms with Crippen LogP contribution < -0.4 is 4.74 Å². The lowest BCUT2D eigenvalue weighted by Gasteiger charge is -2.31. The van der Waals surface area contributed by atoms with Gasteiger partial charge < -0.3 is 9.64 Å². The lowest BCUT2D eigenvalue weighted by Crippen LogP contribution is -2.31. The van der Waals surface area contributed by atoms with E-state index in [2.05, 4.69) is 47.9 Å². The van der Waals surface area contributed by atoms with Crippen LogP contribution in [0.25, 0.3) is 11.1 Å². The summed E-state index contributed by atoms with van der Waals surface area (Å²) < 4.78 is 21.6. The first-order valence-corrected chi connectivity index (χ1v) is 12.8. The lowest BCUT2D eigenvalue weighted by molar-refractivity contribution is 0.102. The Kier molecular flexibility index (Phi) is 5.55. The van der Waals surface area contributed by atoms with Gasteiger partial charge in [0.15, 0.2) is 5.78 Å². The Balaban J connectivity index is 1.53. The molecular formula is C32H30FNO2.